The maximum absolute atomic E-state index is 13.4. The third-order valence-electron chi connectivity index (χ3n) is 9.21. The molecule has 7 rings (SSSR count). The zero-order valence-corrected chi connectivity index (χ0v) is 31.3. The third-order valence-corrected chi connectivity index (χ3v) is 10.6. The summed E-state index contributed by atoms with van der Waals surface area (Å²) in [6, 6.07) is 9.66. The summed E-state index contributed by atoms with van der Waals surface area (Å²) in [5.41, 5.74) is -0.577. The zero-order chi connectivity index (χ0) is 40.0. The van der Waals surface area contributed by atoms with Gasteiger partial charge in [-0.25, -0.2) is 9.59 Å². The number of benzene rings is 3. The van der Waals surface area contributed by atoms with Gasteiger partial charge in [0.2, 0.25) is 0 Å². The monoisotopic (exact) mass is 791 g/mol. The van der Waals surface area contributed by atoms with Crippen LogP contribution in [-0.2, 0) is 34.7 Å². The minimum absolute atomic E-state index is 0.0791. The lowest BCUT2D eigenvalue weighted by atomic mass is 9.84. The molecule has 0 aliphatic carbocycles. The second-order valence-electron chi connectivity index (χ2n) is 14.7. The highest BCUT2D eigenvalue weighted by atomic mass is 32.2. The van der Waals surface area contributed by atoms with Crippen LogP contribution in [-0.4, -0.2) is 82.4 Å². The van der Waals surface area contributed by atoms with Crippen LogP contribution in [0.1, 0.15) is 83.5 Å². The molecule has 18 heteroatoms. The molecule has 286 valence electrons. The molecular weight excluding hydrogens is 759 g/mol. The van der Waals surface area contributed by atoms with Gasteiger partial charge in [0.1, 0.15) is 23.0 Å². The first-order chi connectivity index (χ1) is 25.5. The lowest BCUT2D eigenvalue weighted by molar-refractivity contribution is -0.172. The van der Waals surface area contributed by atoms with Gasteiger partial charge in [-0.1, -0.05) is 12.2 Å². The van der Waals surface area contributed by atoms with E-state index >= 15 is 0 Å². The minimum Gasteiger partial charge on any atom is -0.478 e. The number of nitrogens with zero attached hydrogens (tertiary/aromatic N) is 2. The van der Waals surface area contributed by atoms with Crippen LogP contribution in [0.3, 0.4) is 0 Å². The number of fused-ring (bicyclic) bond motifs is 4. The predicted octanol–water partition coefficient (Wildman–Crippen LogP) is 3.12. The first-order valence-electron chi connectivity index (χ1n) is 16.7. The predicted molar refractivity (Wildman–Crippen MR) is 196 cm³/mol. The van der Waals surface area contributed by atoms with Crippen molar-refractivity contribution >= 4 is 66.4 Å². The van der Waals surface area contributed by atoms with Gasteiger partial charge in [0.25, 0.3) is 32.1 Å². The summed E-state index contributed by atoms with van der Waals surface area (Å²) in [6.45, 7) is 7.04. The molecule has 4 aliphatic rings. The average molecular weight is 792 g/mol. The molecule has 4 aliphatic heterocycles. The molecule has 4 N–H and O–H groups in total. The van der Waals surface area contributed by atoms with Crippen molar-refractivity contribution in [3.05, 3.63) is 98.6 Å². The van der Waals surface area contributed by atoms with Crippen LogP contribution < -0.4 is 20.6 Å². The summed E-state index contributed by atoms with van der Waals surface area (Å²) < 4.78 is 75.0. The number of carbonyl (C=O) groups is 4. The molecule has 0 saturated carbocycles. The number of aromatic carboxylic acids is 1. The molecule has 0 atom stereocenters. The molecule has 3 aromatic carbocycles. The van der Waals surface area contributed by atoms with Crippen LogP contribution >= 0.6 is 0 Å². The highest BCUT2D eigenvalue weighted by Gasteiger charge is 2.35. The van der Waals surface area contributed by atoms with Crippen molar-refractivity contribution in [2.75, 3.05) is 16.8 Å². The maximum Gasteiger partial charge on any atom is 0.363 e. The Bertz CT molecular complexity index is 2710. The molecule has 55 heavy (non-hydrogen) atoms. The molecule has 2 amide bonds. The Hall–Kier alpha value is -5.69. The summed E-state index contributed by atoms with van der Waals surface area (Å²) in [7, 11) is -9.10. The second kappa shape index (κ2) is 12.7. The van der Waals surface area contributed by atoms with Crippen molar-refractivity contribution in [1.82, 2.24) is 5.06 Å². The fraction of sp³-hybridized carbons (Fsp3) is 0.270. The van der Waals surface area contributed by atoms with Gasteiger partial charge in [0, 0.05) is 58.1 Å². The van der Waals surface area contributed by atoms with Gasteiger partial charge in [-0.2, -0.15) is 16.8 Å². The molecule has 1 fully saturated rings. The highest BCUT2D eigenvalue weighted by molar-refractivity contribution is 7.86. The number of hydrogen-bond donors (Lipinski definition) is 4. The number of ether oxygens (including phenoxy) is 1. The van der Waals surface area contributed by atoms with Crippen LogP contribution in [0.15, 0.2) is 59.6 Å². The van der Waals surface area contributed by atoms with E-state index < -0.39 is 66.6 Å². The summed E-state index contributed by atoms with van der Waals surface area (Å²) in [5.74, 6) is -5.25. The number of anilines is 1. The smallest absolute Gasteiger partial charge is 0.363 e. The fourth-order valence-electron chi connectivity index (χ4n) is 7.21. The van der Waals surface area contributed by atoms with E-state index in [0.29, 0.717) is 21.7 Å². The van der Waals surface area contributed by atoms with E-state index in [-0.39, 0.29) is 74.1 Å². The summed E-state index contributed by atoms with van der Waals surface area (Å²) >= 11 is 0. The number of carboxylic acids is 1. The quantitative estimate of drug-likeness (QED) is 0.148. The number of hydrogen-bond acceptors (Lipinski definition) is 12. The Labute approximate surface area is 313 Å². The van der Waals surface area contributed by atoms with Gasteiger partial charge in [-0.15, -0.1) is 5.06 Å². The lowest BCUT2D eigenvalue weighted by Gasteiger charge is -2.34. The second-order valence-corrected chi connectivity index (χ2v) is 17.6. The topological polar surface area (TPSA) is 243 Å². The van der Waals surface area contributed by atoms with E-state index in [0.717, 1.165) is 12.1 Å². The van der Waals surface area contributed by atoms with Crippen molar-refractivity contribution in [1.29, 1.82) is 0 Å². The highest BCUT2D eigenvalue weighted by Crippen LogP contribution is 2.45. The van der Waals surface area contributed by atoms with Gasteiger partial charge >= 0.3 is 11.9 Å². The third kappa shape index (κ3) is 7.40. The number of amides is 2. The van der Waals surface area contributed by atoms with Gasteiger partial charge in [-0.05, 0) is 74.7 Å². The molecule has 0 spiro atoms. The number of imide groups is 1. The maximum atomic E-state index is 13.4. The van der Waals surface area contributed by atoms with Crippen LogP contribution in [0.5, 0.6) is 11.5 Å². The Morgan fingerprint density at radius 3 is 2.09 bits per heavy atom. The first kappa shape index (κ1) is 37.6. The van der Waals surface area contributed by atoms with Crippen LogP contribution in [0.2, 0.25) is 0 Å². The number of carboxylic acid groups (broad SMARTS) is 1. The molecule has 0 unspecified atom stereocenters. The van der Waals surface area contributed by atoms with E-state index in [1.165, 1.54) is 18.2 Å². The molecule has 4 heterocycles. The number of hydroxylamine groups is 2. The molecule has 16 nitrogen and oxygen atoms in total. The fourth-order valence-corrected chi connectivity index (χ4v) is 8.48. The Morgan fingerprint density at radius 1 is 0.836 bits per heavy atom. The van der Waals surface area contributed by atoms with E-state index in [2.05, 4.69) is 5.32 Å². The van der Waals surface area contributed by atoms with Crippen LogP contribution in [0.25, 0.3) is 16.7 Å². The van der Waals surface area contributed by atoms with E-state index in [4.69, 9.17) is 14.6 Å². The largest absolute Gasteiger partial charge is 0.478 e. The Kier molecular flexibility index (Phi) is 8.68. The summed E-state index contributed by atoms with van der Waals surface area (Å²) in [4.78, 5) is 60.6. The van der Waals surface area contributed by atoms with Gasteiger partial charge in [0.05, 0.1) is 27.6 Å². The Morgan fingerprint density at radius 2 is 1.47 bits per heavy atom. The molecule has 3 aromatic rings. The number of carbonyl (C=O) groups excluding carboxylic acids is 3. The Balaban J connectivity index is 1.55. The SMILES string of the molecule is CC1(C)C=C(CS(=O)(=O)O)c2cc3c(cc2=N1)Oc1cc2c(cc1C=3c1cc(C(=O)ON3C(=O)CCC3=O)ccc1C(=O)O)C(CS(=O)(=O)O)=CC(C)(C)N2. The van der Waals surface area contributed by atoms with E-state index in [1.807, 2.05) is 0 Å². The summed E-state index contributed by atoms with van der Waals surface area (Å²) in [5, 5.41) is 14.6. The van der Waals surface area contributed by atoms with Crippen molar-refractivity contribution in [2.45, 2.75) is 51.6 Å². The lowest BCUT2D eigenvalue weighted by Crippen LogP contribution is -2.33. The van der Waals surface area contributed by atoms with Crippen molar-refractivity contribution in [3.8, 4) is 11.5 Å². The summed E-state index contributed by atoms with van der Waals surface area (Å²) in [6.07, 6.45) is 2.88. The van der Waals surface area contributed by atoms with Gasteiger partial charge in [-0.3, -0.25) is 23.7 Å². The van der Waals surface area contributed by atoms with Gasteiger partial charge < -0.3 is 20.0 Å². The van der Waals surface area contributed by atoms with Crippen molar-refractivity contribution in [2.24, 2.45) is 4.99 Å². The van der Waals surface area contributed by atoms with Crippen LogP contribution in [0.4, 0.5) is 5.69 Å². The minimum atomic E-state index is -4.56. The molecule has 0 radical (unpaired) electrons. The van der Waals surface area contributed by atoms with E-state index in [1.54, 1.807) is 52.0 Å². The average Bonchev–Trinajstić information content (AvgIpc) is 3.35. The zero-order valence-electron chi connectivity index (χ0n) is 29.7. The molecule has 0 aromatic heterocycles. The van der Waals surface area contributed by atoms with Gasteiger partial charge in [0.15, 0.2) is 0 Å². The first-order valence-corrected chi connectivity index (χ1v) is 19.9. The standard InChI is InChI=1S/C37H33N3O13S2/c1-36(2)14-19(16-54(46,47)48)22-10-25-29(12-27(22)38-36)52-30-13-28-23(20(17-55(49,50)51)15-37(3,4)39-28)11-26(30)33(25)24-9-18(5-6-21(24)34(43)44)35(45)53-40-31(41)7-8-32(40)42/h5-6,9-15,38H,7-8,16-17H2,1-4H3,(H,43,44)(H,46,47,48)(H,49,50,51). The normalized spacial score (nSPS) is 18.0. The molecular formula is C37H33N3O13S2. The number of rotatable bonds is 8. The molecule has 1 saturated heterocycles. The van der Waals surface area contributed by atoms with Crippen molar-refractivity contribution < 1.29 is 59.8 Å². The van der Waals surface area contributed by atoms with Crippen molar-refractivity contribution in [3.63, 3.8) is 0 Å². The number of nitrogens with one attached hydrogen (secondary N) is 1. The molecule has 0 bridgehead atoms. The van der Waals surface area contributed by atoms with Crippen LogP contribution in [0, 0.1) is 0 Å². The van der Waals surface area contributed by atoms with E-state index in [9.17, 15) is 50.2 Å².